The van der Waals surface area contributed by atoms with Crippen molar-refractivity contribution < 1.29 is 14.6 Å². The summed E-state index contributed by atoms with van der Waals surface area (Å²) in [6.45, 7) is 12.2. The largest absolute Gasteiger partial charge is 0.388 e. The fourth-order valence-corrected chi connectivity index (χ4v) is 3.96. The van der Waals surface area contributed by atoms with Crippen LogP contribution in [-0.4, -0.2) is 24.6 Å². The first-order valence-electron chi connectivity index (χ1n) is 11.5. The van der Waals surface area contributed by atoms with Gasteiger partial charge in [0.25, 0.3) is 0 Å². The van der Waals surface area contributed by atoms with Crippen LogP contribution in [0.15, 0.2) is 18.2 Å². The third-order valence-corrected chi connectivity index (χ3v) is 5.70. The molecule has 1 aliphatic rings. The Kier molecular flexibility index (Phi) is 9.88. The number of benzene rings is 1. The highest BCUT2D eigenvalue weighted by atomic mass is 16.7. The van der Waals surface area contributed by atoms with Gasteiger partial charge in [0.1, 0.15) is 0 Å². The molecule has 0 radical (unpaired) electrons. The summed E-state index contributed by atoms with van der Waals surface area (Å²) in [5.74, 6) is 0. The molecule has 1 saturated heterocycles. The molecule has 29 heavy (non-hydrogen) atoms. The van der Waals surface area contributed by atoms with Gasteiger partial charge in [0.05, 0.1) is 19.3 Å². The van der Waals surface area contributed by atoms with E-state index in [1.54, 1.807) is 0 Å². The fraction of sp³-hybridized carbons (Fsp3) is 0.692. The SMILES string of the molecule is CCCCCCCCCC(O)c1cc(C)cc(C)c1/C=C/C1OCC(C)(C)CO1. The molecule has 0 aliphatic carbocycles. The minimum absolute atomic E-state index is 0.0714. The second kappa shape index (κ2) is 11.9. The van der Waals surface area contributed by atoms with Crippen LogP contribution < -0.4 is 0 Å². The summed E-state index contributed by atoms with van der Waals surface area (Å²) in [5, 5.41) is 10.9. The van der Waals surface area contributed by atoms with Crippen LogP contribution in [0.5, 0.6) is 0 Å². The monoisotopic (exact) mass is 402 g/mol. The molecule has 1 heterocycles. The summed E-state index contributed by atoms with van der Waals surface area (Å²) in [7, 11) is 0. The Hall–Kier alpha value is -1.16. The zero-order chi connectivity index (χ0) is 21.3. The Morgan fingerprint density at radius 3 is 2.31 bits per heavy atom. The minimum atomic E-state index is -0.420. The highest BCUT2D eigenvalue weighted by Gasteiger charge is 2.27. The van der Waals surface area contributed by atoms with E-state index in [0.717, 1.165) is 24.0 Å². The highest BCUT2D eigenvalue weighted by molar-refractivity contribution is 5.59. The van der Waals surface area contributed by atoms with Gasteiger partial charge in [-0.05, 0) is 43.0 Å². The van der Waals surface area contributed by atoms with Crippen molar-refractivity contribution in [2.24, 2.45) is 5.41 Å². The fourth-order valence-electron chi connectivity index (χ4n) is 3.96. The van der Waals surface area contributed by atoms with Gasteiger partial charge in [-0.25, -0.2) is 0 Å². The average Bonchev–Trinajstić information content (AvgIpc) is 2.67. The normalized spacial score (nSPS) is 18.4. The van der Waals surface area contributed by atoms with E-state index in [1.807, 2.05) is 6.08 Å². The van der Waals surface area contributed by atoms with Gasteiger partial charge in [-0.2, -0.15) is 0 Å². The van der Waals surface area contributed by atoms with Gasteiger partial charge in [-0.3, -0.25) is 0 Å². The number of aliphatic hydroxyl groups is 1. The topological polar surface area (TPSA) is 38.7 Å². The lowest BCUT2D eigenvalue weighted by molar-refractivity contribution is -0.197. The smallest absolute Gasteiger partial charge is 0.177 e. The van der Waals surface area contributed by atoms with E-state index in [0.29, 0.717) is 13.2 Å². The van der Waals surface area contributed by atoms with E-state index in [1.165, 1.54) is 49.7 Å². The van der Waals surface area contributed by atoms with Gasteiger partial charge in [-0.1, -0.05) is 89.5 Å². The van der Waals surface area contributed by atoms with E-state index in [4.69, 9.17) is 9.47 Å². The second-order valence-corrected chi connectivity index (χ2v) is 9.52. The lowest BCUT2D eigenvalue weighted by Crippen LogP contribution is -2.36. The zero-order valence-electron chi connectivity index (χ0n) is 19.3. The maximum Gasteiger partial charge on any atom is 0.177 e. The zero-order valence-corrected chi connectivity index (χ0v) is 19.3. The second-order valence-electron chi connectivity index (χ2n) is 9.52. The molecule has 1 atom stereocenters. The standard InChI is InChI=1S/C26H42O3/c1-6-7-8-9-10-11-12-13-24(27)23-17-20(2)16-21(3)22(23)14-15-25-28-18-26(4,5)19-29-25/h14-17,24-25,27H,6-13,18-19H2,1-5H3/b15-14+. The van der Waals surface area contributed by atoms with Crippen LogP contribution >= 0.6 is 0 Å². The molecule has 1 N–H and O–H groups in total. The molecule has 164 valence electrons. The van der Waals surface area contributed by atoms with Crippen LogP contribution in [0, 0.1) is 19.3 Å². The first-order valence-corrected chi connectivity index (χ1v) is 11.5. The van der Waals surface area contributed by atoms with E-state index < -0.39 is 6.10 Å². The van der Waals surface area contributed by atoms with Gasteiger partial charge >= 0.3 is 0 Å². The van der Waals surface area contributed by atoms with Gasteiger partial charge < -0.3 is 14.6 Å². The van der Waals surface area contributed by atoms with Crippen LogP contribution in [0.4, 0.5) is 0 Å². The molecule has 0 aromatic heterocycles. The summed E-state index contributed by atoms with van der Waals surface area (Å²) in [5.41, 5.74) is 4.58. The Balaban J connectivity index is 1.96. The number of aryl methyl sites for hydroxylation is 2. The molecular formula is C26H42O3. The molecule has 0 amide bonds. The number of hydrogen-bond donors (Lipinski definition) is 1. The van der Waals surface area contributed by atoms with Crippen LogP contribution in [0.1, 0.15) is 100 Å². The minimum Gasteiger partial charge on any atom is -0.388 e. The van der Waals surface area contributed by atoms with Gasteiger partial charge in [-0.15, -0.1) is 0 Å². The average molecular weight is 403 g/mol. The molecule has 1 aromatic rings. The predicted octanol–water partition coefficient (Wildman–Crippen LogP) is 6.89. The molecule has 1 fully saturated rings. The molecule has 3 heteroatoms. The Morgan fingerprint density at radius 2 is 1.66 bits per heavy atom. The van der Waals surface area contributed by atoms with Gasteiger partial charge in [0.2, 0.25) is 0 Å². The van der Waals surface area contributed by atoms with Crippen LogP contribution in [0.2, 0.25) is 0 Å². The van der Waals surface area contributed by atoms with Gasteiger partial charge in [0.15, 0.2) is 6.29 Å². The maximum atomic E-state index is 10.9. The van der Waals surface area contributed by atoms with Gasteiger partial charge in [0, 0.05) is 5.41 Å². The Bertz CT molecular complexity index is 638. The highest BCUT2D eigenvalue weighted by Crippen LogP contribution is 2.29. The Labute approximate surface area is 178 Å². The lowest BCUT2D eigenvalue weighted by Gasteiger charge is -2.33. The lowest BCUT2D eigenvalue weighted by atomic mass is 9.92. The first kappa shape index (κ1) is 24.1. The summed E-state index contributed by atoms with van der Waals surface area (Å²) < 4.78 is 11.7. The van der Waals surface area contributed by atoms with Crippen molar-refractivity contribution in [1.29, 1.82) is 0 Å². The molecular weight excluding hydrogens is 360 g/mol. The number of rotatable bonds is 11. The number of aliphatic hydroxyl groups excluding tert-OH is 1. The summed E-state index contributed by atoms with van der Waals surface area (Å²) in [6, 6.07) is 4.31. The first-order chi connectivity index (χ1) is 13.8. The van der Waals surface area contributed by atoms with E-state index >= 15 is 0 Å². The predicted molar refractivity (Wildman–Crippen MR) is 122 cm³/mol. The molecule has 3 nitrogen and oxygen atoms in total. The van der Waals surface area contributed by atoms with Crippen molar-refractivity contribution in [3.63, 3.8) is 0 Å². The molecule has 1 aliphatic heterocycles. The molecule has 0 saturated carbocycles. The van der Waals surface area contributed by atoms with Crippen molar-refractivity contribution in [2.45, 2.75) is 98.4 Å². The third-order valence-electron chi connectivity index (χ3n) is 5.70. The maximum absolute atomic E-state index is 10.9. The van der Waals surface area contributed by atoms with Crippen molar-refractivity contribution in [3.05, 3.63) is 40.5 Å². The van der Waals surface area contributed by atoms with E-state index in [-0.39, 0.29) is 11.7 Å². The molecule has 2 rings (SSSR count). The van der Waals surface area contributed by atoms with Crippen molar-refractivity contribution >= 4 is 6.08 Å². The molecule has 0 bridgehead atoms. The number of ether oxygens (including phenoxy) is 2. The van der Waals surface area contributed by atoms with Crippen LogP contribution in [-0.2, 0) is 9.47 Å². The summed E-state index contributed by atoms with van der Waals surface area (Å²) in [4.78, 5) is 0. The molecule has 0 spiro atoms. The molecule has 1 aromatic carbocycles. The Morgan fingerprint density at radius 1 is 1.03 bits per heavy atom. The van der Waals surface area contributed by atoms with Crippen molar-refractivity contribution in [1.82, 2.24) is 0 Å². The van der Waals surface area contributed by atoms with Crippen LogP contribution in [0.3, 0.4) is 0 Å². The third kappa shape index (κ3) is 8.24. The van der Waals surface area contributed by atoms with E-state index in [2.05, 4.69) is 52.8 Å². The molecule has 1 unspecified atom stereocenters. The summed E-state index contributed by atoms with van der Waals surface area (Å²) in [6.07, 6.45) is 13.0. The quantitative estimate of drug-likeness (QED) is 0.410. The van der Waals surface area contributed by atoms with Crippen molar-refractivity contribution in [2.75, 3.05) is 13.2 Å². The van der Waals surface area contributed by atoms with Crippen molar-refractivity contribution in [3.8, 4) is 0 Å². The number of hydrogen-bond acceptors (Lipinski definition) is 3. The number of unbranched alkanes of at least 4 members (excludes halogenated alkanes) is 6. The van der Waals surface area contributed by atoms with E-state index in [9.17, 15) is 5.11 Å². The summed E-state index contributed by atoms with van der Waals surface area (Å²) >= 11 is 0. The van der Waals surface area contributed by atoms with Crippen LogP contribution in [0.25, 0.3) is 6.08 Å².